The molecule has 1 heterocycles. The number of hydrogen-bond donors (Lipinski definition) is 0. The predicted octanol–water partition coefficient (Wildman–Crippen LogP) is 4.45. The molecular weight excluding hydrogens is 345 g/mol. The molecule has 0 unspecified atom stereocenters. The first-order valence-corrected chi connectivity index (χ1v) is 7.95. The van der Waals surface area contributed by atoms with E-state index in [-0.39, 0.29) is 22.3 Å². The van der Waals surface area contributed by atoms with E-state index in [1.807, 2.05) is 30.3 Å². The normalized spacial score (nSPS) is 9.96. The second-order valence-corrected chi connectivity index (χ2v) is 5.56. The summed E-state index contributed by atoms with van der Waals surface area (Å²) in [4.78, 5) is 4.54. The molecule has 0 aliphatic heterocycles. The number of aromatic nitrogens is 1. The fourth-order valence-corrected chi connectivity index (χ4v) is 2.82. The Morgan fingerprint density at radius 2 is 1.74 bits per heavy atom. The summed E-state index contributed by atoms with van der Waals surface area (Å²) in [6.07, 6.45) is 0. The van der Waals surface area contributed by atoms with E-state index in [2.05, 4.69) is 4.98 Å². The molecule has 0 radical (unpaired) electrons. The van der Waals surface area contributed by atoms with Crippen LogP contribution >= 0.6 is 0 Å². The van der Waals surface area contributed by atoms with Crippen molar-refractivity contribution in [2.45, 2.75) is 0 Å². The molecule has 6 heteroatoms. The highest BCUT2D eigenvalue weighted by molar-refractivity contribution is 5.91. The topological polar surface area (TPSA) is 78.9 Å². The summed E-state index contributed by atoms with van der Waals surface area (Å²) in [5.74, 6) is -0.255. The Labute approximate surface area is 155 Å². The Morgan fingerprint density at radius 3 is 2.33 bits per heavy atom. The molecule has 3 aromatic rings. The summed E-state index contributed by atoms with van der Waals surface area (Å²) in [5.41, 5.74) is 1.79. The molecule has 0 saturated heterocycles. The fraction of sp³-hybridized carbons (Fsp3) is 0.0952. The van der Waals surface area contributed by atoms with Gasteiger partial charge in [0.05, 0.1) is 30.8 Å². The molecule has 3 rings (SSSR count). The average molecular weight is 359 g/mol. The third-order valence-corrected chi connectivity index (χ3v) is 4.03. The number of nitrogens with zero attached hydrogens (tertiary/aromatic N) is 3. The zero-order valence-corrected chi connectivity index (χ0v) is 14.7. The van der Waals surface area contributed by atoms with Gasteiger partial charge in [-0.1, -0.05) is 30.3 Å². The number of methoxy groups -OCH3 is 2. The van der Waals surface area contributed by atoms with Crippen molar-refractivity contribution in [3.05, 3.63) is 65.5 Å². The number of pyridine rings is 1. The SMILES string of the molecule is COC(=C(C#N)C#N)c1cc(F)c2c(OC)cc(-c3ccccc3)nc2c1. The number of ether oxygens (including phenoxy) is 2. The summed E-state index contributed by atoms with van der Waals surface area (Å²) in [6.45, 7) is 0. The van der Waals surface area contributed by atoms with Crippen LogP contribution in [0.2, 0.25) is 0 Å². The molecule has 0 spiro atoms. The van der Waals surface area contributed by atoms with E-state index in [1.54, 1.807) is 24.3 Å². The fourth-order valence-electron chi connectivity index (χ4n) is 2.82. The standard InChI is InChI=1S/C21H14FN3O2/c1-26-19-10-17(13-6-4-3-5-7-13)25-18-9-14(8-16(22)20(18)19)21(27-2)15(11-23)12-24/h3-10H,1-2H3. The summed E-state index contributed by atoms with van der Waals surface area (Å²) < 4.78 is 25.4. The van der Waals surface area contributed by atoms with Crippen molar-refractivity contribution in [1.82, 2.24) is 4.98 Å². The molecule has 1 aromatic heterocycles. The van der Waals surface area contributed by atoms with Gasteiger partial charge >= 0.3 is 0 Å². The second kappa shape index (κ2) is 7.55. The van der Waals surface area contributed by atoms with Crippen LogP contribution in [-0.2, 0) is 4.74 Å². The maximum absolute atomic E-state index is 14.8. The third-order valence-electron chi connectivity index (χ3n) is 4.03. The van der Waals surface area contributed by atoms with Gasteiger partial charge in [0.25, 0.3) is 0 Å². The van der Waals surface area contributed by atoms with E-state index in [4.69, 9.17) is 20.0 Å². The highest BCUT2D eigenvalue weighted by Gasteiger charge is 2.17. The Hall–Kier alpha value is -3.90. The van der Waals surface area contributed by atoms with Crippen molar-refractivity contribution >= 4 is 16.7 Å². The van der Waals surface area contributed by atoms with Crippen LogP contribution in [0.5, 0.6) is 5.75 Å². The highest BCUT2D eigenvalue weighted by Crippen LogP contribution is 2.34. The quantitative estimate of drug-likeness (QED) is 0.508. The molecule has 132 valence electrons. The lowest BCUT2D eigenvalue weighted by Gasteiger charge is -2.12. The number of halogens is 1. The van der Waals surface area contributed by atoms with Crippen LogP contribution in [-0.4, -0.2) is 19.2 Å². The predicted molar refractivity (Wildman–Crippen MR) is 98.8 cm³/mol. The van der Waals surface area contributed by atoms with Gasteiger partial charge < -0.3 is 9.47 Å². The van der Waals surface area contributed by atoms with Gasteiger partial charge in [-0.2, -0.15) is 10.5 Å². The van der Waals surface area contributed by atoms with Gasteiger partial charge in [-0.3, -0.25) is 0 Å². The van der Waals surface area contributed by atoms with Gasteiger partial charge in [0, 0.05) is 17.2 Å². The molecule has 0 atom stereocenters. The zero-order chi connectivity index (χ0) is 19.4. The lowest BCUT2D eigenvalue weighted by molar-refractivity contribution is 0.368. The minimum atomic E-state index is -0.587. The number of allylic oxidation sites excluding steroid dienone is 1. The molecule has 27 heavy (non-hydrogen) atoms. The number of hydrogen-bond acceptors (Lipinski definition) is 5. The summed E-state index contributed by atoms with van der Waals surface area (Å²) >= 11 is 0. The molecule has 0 N–H and O–H groups in total. The van der Waals surface area contributed by atoms with E-state index in [1.165, 1.54) is 20.3 Å². The van der Waals surface area contributed by atoms with E-state index in [9.17, 15) is 4.39 Å². The lowest BCUT2D eigenvalue weighted by Crippen LogP contribution is -1.98. The minimum absolute atomic E-state index is 0.00770. The van der Waals surface area contributed by atoms with Crippen molar-refractivity contribution < 1.29 is 13.9 Å². The van der Waals surface area contributed by atoms with Crippen LogP contribution in [0.3, 0.4) is 0 Å². The maximum Gasteiger partial charge on any atom is 0.172 e. The number of rotatable bonds is 4. The van der Waals surface area contributed by atoms with Crippen molar-refractivity contribution in [1.29, 1.82) is 10.5 Å². The monoisotopic (exact) mass is 359 g/mol. The van der Waals surface area contributed by atoms with Crippen LogP contribution in [0.15, 0.2) is 54.1 Å². The molecule has 5 nitrogen and oxygen atoms in total. The first kappa shape index (κ1) is 17.9. The third kappa shape index (κ3) is 3.29. The molecular formula is C21H14FN3O2. The van der Waals surface area contributed by atoms with Crippen LogP contribution in [0.1, 0.15) is 5.56 Å². The Morgan fingerprint density at radius 1 is 1.04 bits per heavy atom. The van der Waals surface area contributed by atoms with Crippen LogP contribution in [0.4, 0.5) is 4.39 Å². The first-order chi connectivity index (χ1) is 13.1. The molecule has 0 saturated carbocycles. The molecule has 0 aliphatic carbocycles. The van der Waals surface area contributed by atoms with Crippen LogP contribution in [0, 0.1) is 28.5 Å². The van der Waals surface area contributed by atoms with E-state index in [0.29, 0.717) is 17.0 Å². The zero-order valence-electron chi connectivity index (χ0n) is 14.7. The molecule has 2 aromatic carbocycles. The summed E-state index contributed by atoms with van der Waals surface area (Å²) in [7, 11) is 2.78. The summed E-state index contributed by atoms with van der Waals surface area (Å²) in [6, 6.07) is 17.4. The first-order valence-electron chi connectivity index (χ1n) is 7.95. The minimum Gasteiger partial charge on any atom is -0.496 e. The van der Waals surface area contributed by atoms with Gasteiger partial charge in [-0.15, -0.1) is 0 Å². The second-order valence-electron chi connectivity index (χ2n) is 5.56. The smallest absolute Gasteiger partial charge is 0.172 e. The lowest BCUT2D eigenvalue weighted by atomic mass is 10.0. The van der Waals surface area contributed by atoms with Crippen molar-refractivity contribution in [3.8, 4) is 29.1 Å². The molecule has 0 aliphatic rings. The Bertz CT molecular complexity index is 1110. The van der Waals surface area contributed by atoms with Gasteiger partial charge in [0.1, 0.15) is 23.7 Å². The van der Waals surface area contributed by atoms with Gasteiger partial charge in [-0.25, -0.2) is 9.37 Å². The molecule has 0 amide bonds. The Kier molecular flexibility index (Phi) is 5.01. The number of fused-ring (bicyclic) bond motifs is 1. The molecule has 0 fully saturated rings. The van der Waals surface area contributed by atoms with Crippen molar-refractivity contribution in [2.75, 3.05) is 14.2 Å². The van der Waals surface area contributed by atoms with Gasteiger partial charge in [-0.05, 0) is 12.1 Å². The van der Waals surface area contributed by atoms with Gasteiger partial charge in [0.15, 0.2) is 11.3 Å². The maximum atomic E-state index is 14.8. The van der Waals surface area contributed by atoms with E-state index < -0.39 is 5.82 Å². The van der Waals surface area contributed by atoms with Crippen molar-refractivity contribution in [3.63, 3.8) is 0 Å². The van der Waals surface area contributed by atoms with Crippen LogP contribution in [0.25, 0.3) is 27.9 Å². The van der Waals surface area contributed by atoms with E-state index in [0.717, 1.165) is 5.56 Å². The van der Waals surface area contributed by atoms with Crippen molar-refractivity contribution in [2.24, 2.45) is 0 Å². The average Bonchev–Trinajstić information content (AvgIpc) is 2.71. The van der Waals surface area contributed by atoms with E-state index >= 15 is 0 Å². The highest BCUT2D eigenvalue weighted by atomic mass is 19.1. The summed E-state index contributed by atoms with van der Waals surface area (Å²) in [5, 5.41) is 18.4. The Balaban J connectivity index is 2.33. The molecule has 0 bridgehead atoms. The largest absolute Gasteiger partial charge is 0.496 e. The number of benzene rings is 2. The number of nitriles is 2. The van der Waals surface area contributed by atoms with Gasteiger partial charge in [0.2, 0.25) is 0 Å². The van der Waals surface area contributed by atoms with Crippen LogP contribution < -0.4 is 4.74 Å².